The summed E-state index contributed by atoms with van der Waals surface area (Å²) in [5.41, 5.74) is 5.19. The lowest BCUT2D eigenvalue weighted by Gasteiger charge is -2.19. The first kappa shape index (κ1) is 15.4. The van der Waals surface area contributed by atoms with Gasteiger partial charge in [-0.15, -0.1) is 0 Å². The number of methoxy groups -OCH3 is 1. The van der Waals surface area contributed by atoms with Gasteiger partial charge in [0.15, 0.2) is 11.5 Å². The van der Waals surface area contributed by atoms with E-state index in [4.69, 9.17) is 9.57 Å². The number of nitrogens with zero attached hydrogens (tertiary/aromatic N) is 3. The third-order valence-corrected chi connectivity index (χ3v) is 4.30. The number of hydrogen-bond acceptors (Lipinski definition) is 7. The van der Waals surface area contributed by atoms with Gasteiger partial charge in [-0.05, 0) is 65.0 Å². The number of phenols is 1. The lowest BCUT2D eigenvalue weighted by Crippen LogP contribution is -2.12. The lowest BCUT2D eigenvalue weighted by atomic mass is 9.89. The molecule has 7 nitrogen and oxygen atoms in total. The summed E-state index contributed by atoms with van der Waals surface area (Å²) < 4.78 is 9.86. The second-order valence-electron chi connectivity index (χ2n) is 5.93. The van der Waals surface area contributed by atoms with Gasteiger partial charge in [-0.2, -0.15) is 0 Å². The number of fused-ring (bicyclic) bond motifs is 2. The molecule has 0 saturated heterocycles. The summed E-state index contributed by atoms with van der Waals surface area (Å²) in [5.74, 6) is 0.593. The Labute approximate surface area is 143 Å². The van der Waals surface area contributed by atoms with E-state index in [2.05, 4.69) is 20.1 Å². The van der Waals surface area contributed by atoms with Crippen molar-refractivity contribution in [3.63, 3.8) is 0 Å². The molecule has 1 aliphatic rings. The van der Waals surface area contributed by atoms with Crippen LogP contribution in [0.15, 0.2) is 40.1 Å². The number of phenolic OH excluding ortho intramolecular Hbond substituents is 1. The van der Waals surface area contributed by atoms with Gasteiger partial charge in [-0.25, -0.2) is 4.63 Å². The summed E-state index contributed by atoms with van der Waals surface area (Å²) in [6.07, 6.45) is 2.73. The van der Waals surface area contributed by atoms with E-state index in [1.165, 1.54) is 0 Å². The zero-order chi connectivity index (χ0) is 17.2. The molecule has 3 aromatic rings. The standard InChI is InChI=1S/C18H17N3O4/c1-23-18-8-12-3-2-4-14(13(12)9-17(18)22)19-24-10-11-5-6-15-16(7-11)21-25-20-15/h5-9,22H,2-4,10H2,1H3/b19-14+. The molecule has 2 aromatic carbocycles. The van der Waals surface area contributed by atoms with Gasteiger partial charge in [0.05, 0.1) is 12.8 Å². The smallest absolute Gasteiger partial charge is 0.160 e. The lowest BCUT2D eigenvalue weighted by molar-refractivity contribution is 0.130. The second kappa shape index (κ2) is 6.43. The Morgan fingerprint density at radius 3 is 2.92 bits per heavy atom. The molecule has 1 aliphatic carbocycles. The van der Waals surface area contributed by atoms with E-state index in [1.807, 2.05) is 24.3 Å². The number of aromatic nitrogens is 2. The van der Waals surface area contributed by atoms with E-state index in [0.29, 0.717) is 23.4 Å². The molecule has 1 aromatic heterocycles. The monoisotopic (exact) mass is 339 g/mol. The Morgan fingerprint density at radius 1 is 1.16 bits per heavy atom. The van der Waals surface area contributed by atoms with Crippen molar-refractivity contribution in [3.05, 3.63) is 47.0 Å². The highest BCUT2D eigenvalue weighted by Gasteiger charge is 2.19. The van der Waals surface area contributed by atoms with Crippen molar-refractivity contribution in [3.8, 4) is 11.5 Å². The van der Waals surface area contributed by atoms with Crippen LogP contribution in [0, 0.1) is 0 Å². The fourth-order valence-electron chi connectivity index (χ4n) is 3.03. The molecule has 0 aliphatic heterocycles. The Bertz CT molecular complexity index is 949. The number of hydrogen-bond donors (Lipinski definition) is 1. The Kier molecular flexibility index (Phi) is 3.97. The molecule has 0 unspecified atom stereocenters. The van der Waals surface area contributed by atoms with Gasteiger partial charge in [0.2, 0.25) is 0 Å². The Balaban J connectivity index is 1.53. The SMILES string of the molecule is COc1cc2c(cc1O)/C(=N/OCc1ccc3nonc3c1)CCC2. The van der Waals surface area contributed by atoms with Crippen molar-refractivity contribution in [1.29, 1.82) is 0 Å². The molecule has 7 heteroatoms. The zero-order valence-corrected chi connectivity index (χ0v) is 13.7. The van der Waals surface area contributed by atoms with Crippen molar-refractivity contribution in [2.75, 3.05) is 7.11 Å². The minimum Gasteiger partial charge on any atom is -0.504 e. The average molecular weight is 339 g/mol. The van der Waals surface area contributed by atoms with Gasteiger partial charge >= 0.3 is 0 Å². The van der Waals surface area contributed by atoms with Gasteiger partial charge in [0.25, 0.3) is 0 Å². The second-order valence-corrected chi connectivity index (χ2v) is 5.93. The third-order valence-electron chi connectivity index (χ3n) is 4.30. The number of ether oxygens (including phenoxy) is 1. The summed E-state index contributed by atoms with van der Waals surface area (Å²) in [6, 6.07) is 9.15. The fraction of sp³-hybridized carbons (Fsp3) is 0.278. The van der Waals surface area contributed by atoms with Crippen LogP contribution in [0.5, 0.6) is 11.5 Å². The van der Waals surface area contributed by atoms with Gasteiger partial charge in [0, 0.05) is 5.56 Å². The number of aromatic hydroxyl groups is 1. The van der Waals surface area contributed by atoms with E-state index < -0.39 is 0 Å². The number of benzene rings is 2. The maximum absolute atomic E-state index is 10.0. The summed E-state index contributed by atoms with van der Waals surface area (Å²) in [7, 11) is 1.55. The summed E-state index contributed by atoms with van der Waals surface area (Å²) in [6.45, 7) is 0.323. The van der Waals surface area contributed by atoms with Gasteiger partial charge < -0.3 is 14.7 Å². The van der Waals surface area contributed by atoms with Gasteiger partial charge in [-0.3, -0.25) is 0 Å². The number of rotatable bonds is 4. The average Bonchev–Trinajstić information content (AvgIpc) is 3.09. The maximum Gasteiger partial charge on any atom is 0.160 e. The normalized spacial score (nSPS) is 15.3. The van der Waals surface area contributed by atoms with Crippen LogP contribution in [0.4, 0.5) is 0 Å². The van der Waals surface area contributed by atoms with Crippen LogP contribution in [0.3, 0.4) is 0 Å². The van der Waals surface area contributed by atoms with E-state index in [-0.39, 0.29) is 5.75 Å². The highest BCUT2D eigenvalue weighted by Crippen LogP contribution is 2.33. The first-order valence-corrected chi connectivity index (χ1v) is 8.05. The third kappa shape index (κ3) is 3.00. The summed E-state index contributed by atoms with van der Waals surface area (Å²) >= 11 is 0. The Morgan fingerprint density at radius 2 is 2.04 bits per heavy atom. The van der Waals surface area contributed by atoms with Crippen molar-refractivity contribution in [1.82, 2.24) is 10.3 Å². The summed E-state index contributed by atoms with van der Waals surface area (Å²) in [4.78, 5) is 5.53. The van der Waals surface area contributed by atoms with E-state index in [0.717, 1.165) is 41.7 Å². The minimum absolute atomic E-state index is 0.111. The number of aryl methyl sites for hydroxylation is 1. The molecule has 128 valence electrons. The molecular formula is C18H17N3O4. The fourth-order valence-corrected chi connectivity index (χ4v) is 3.03. The summed E-state index contributed by atoms with van der Waals surface area (Å²) in [5, 5.41) is 21.9. The zero-order valence-electron chi connectivity index (χ0n) is 13.7. The van der Waals surface area contributed by atoms with E-state index in [9.17, 15) is 5.11 Å². The highest BCUT2D eigenvalue weighted by molar-refractivity contribution is 6.03. The van der Waals surface area contributed by atoms with Crippen LogP contribution in [0.1, 0.15) is 29.5 Å². The molecule has 4 rings (SSSR count). The molecule has 0 radical (unpaired) electrons. The van der Waals surface area contributed by atoms with Crippen LogP contribution in [-0.2, 0) is 17.9 Å². The van der Waals surface area contributed by atoms with Crippen LogP contribution in [-0.4, -0.2) is 28.2 Å². The molecule has 0 spiro atoms. The van der Waals surface area contributed by atoms with E-state index in [1.54, 1.807) is 13.2 Å². The highest BCUT2D eigenvalue weighted by atomic mass is 16.6. The molecular weight excluding hydrogens is 322 g/mol. The quantitative estimate of drug-likeness (QED) is 0.734. The molecule has 1 heterocycles. The predicted octanol–water partition coefficient (Wildman–Crippen LogP) is 3.19. The van der Waals surface area contributed by atoms with Crippen LogP contribution in [0.25, 0.3) is 11.0 Å². The van der Waals surface area contributed by atoms with Crippen molar-refractivity contribution in [2.24, 2.45) is 5.16 Å². The van der Waals surface area contributed by atoms with Crippen molar-refractivity contribution in [2.45, 2.75) is 25.9 Å². The van der Waals surface area contributed by atoms with Crippen LogP contribution in [0.2, 0.25) is 0 Å². The predicted molar refractivity (Wildman–Crippen MR) is 90.7 cm³/mol. The largest absolute Gasteiger partial charge is 0.504 e. The Hall–Kier alpha value is -3.09. The molecule has 1 N–H and O–H groups in total. The molecule has 0 fully saturated rings. The van der Waals surface area contributed by atoms with Gasteiger partial charge in [0.1, 0.15) is 17.6 Å². The molecule has 0 atom stereocenters. The topological polar surface area (TPSA) is 90.0 Å². The molecule has 0 saturated carbocycles. The number of oxime groups is 1. The van der Waals surface area contributed by atoms with Crippen LogP contribution < -0.4 is 4.74 Å². The first-order valence-electron chi connectivity index (χ1n) is 8.05. The molecule has 0 amide bonds. The van der Waals surface area contributed by atoms with Crippen molar-refractivity contribution < 1.29 is 19.3 Å². The van der Waals surface area contributed by atoms with E-state index >= 15 is 0 Å². The first-order chi connectivity index (χ1) is 12.2. The van der Waals surface area contributed by atoms with Crippen molar-refractivity contribution >= 4 is 16.7 Å². The minimum atomic E-state index is 0.111. The molecule has 0 bridgehead atoms. The van der Waals surface area contributed by atoms with Gasteiger partial charge in [-0.1, -0.05) is 11.2 Å². The molecule has 25 heavy (non-hydrogen) atoms. The maximum atomic E-state index is 10.0. The van der Waals surface area contributed by atoms with Crippen LogP contribution >= 0.6 is 0 Å².